The molecule has 4 heteroatoms. The molecule has 1 amide bonds. The Labute approximate surface area is 268 Å². The van der Waals surface area contributed by atoms with Gasteiger partial charge in [0.15, 0.2) is 12.4 Å². The number of unbranched alkanes of at least 4 members (excludes halogenated alkanes) is 11. The number of amides is 1. The van der Waals surface area contributed by atoms with Crippen LogP contribution in [0, 0.1) is 0 Å². The molecule has 1 aromatic heterocycles. The average molecular weight is 600 g/mol. The molecule has 0 aliphatic heterocycles. The number of pyridine rings is 1. The highest BCUT2D eigenvalue weighted by molar-refractivity contribution is 6.05. The number of aryl methyl sites for hydroxylation is 1. The van der Waals surface area contributed by atoms with Crippen LogP contribution in [0.2, 0.25) is 0 Å². The molecule has 0 atom stereocenters. The van der Waals surface area contributed by atoms with Gasteiger partial charge in [-0.1, -0.05) is 130 Å². The maximum Gasteiger partial charge on any atom is 0.264 e. The van der Waals surface area contributed by atoms with Crippen molar-refractivity contribution in [3.05, 3.63) is 89.7 Å². The van der Waals surface area contributed by atoms with Gasteiger partial charge in [-0.25, -0.2) is 4.57 Å². The Morgan fingerprint density at radius 1 is 0.750 bits per heavy atom. The fraction of sp³-hybridized carbons (Fsp3) is 0.550. The fourth-order valence-corrected chi connectivity index (χ4v) is 5.79. The number of ether oxygens (including phenoxy) is 1. The lowest BCUT2D eigenvalue weighted by Gasteiger charge is -2.26. The molecular formula is C40H59N2O2+. The van der Waals surface area contributed by atoms with Crippen LogP contribution in [0.25, 0.3) is 0 Å². The second-order valence-corrected chi connectivity index (χ2v) is 13.4. The first-order valence-electron chi connectivity index (χ1n) is 17.5. The molecule has 0 fully saturated rings. The number of rotatable bonds is 20. The third-order valence-electron chi connectivity index (χ3n) is 8.35. The molecule has 0 aliphatic carbocycles. The van der Waals surface area contributed by atoms with Gasteiger partial charge in [0.2, 0.25) is 0 Å². The molecule has 0 N–H and O–H groups in total. The molecule has 2 aromatic carbocycles. The summed E-state index contributed by atoms with van der Waals surface area (Å²) in [4.78, 5) is 15.8. The number of para-hydroxylation sites is 1. The second kappa shape index (κ2) is 19.3. The van der Waals surface area contributed by atoms with Crippen LogP contribution in [-0.2, 0) is 18.5 Å². The Bertz CT molecular complexity index is 1230. The number of benzene rings is 2. The SMILES string of the molecule is CCCCCCCCCCCCCCOc1ccc(CN(C(=O)c2ccc[n+](CCC)c2)c2ccccc2)cc1C(C)(C)C. The third kappa shape index (κ3) is 12.1. The van der Waals surface area contributed by atoms with Gasteiger partial charge in [-0.05, 0) is 53.3 Å². The highest BCUT2D eigenvalue weighted by Crippen LogP contribution is 2.33. The average Bonchev–Trinajstić information content (AvgIpc) is 3.02. The minimum Gasteiger partial charge on any atom is -0.493 e. The van der Waals surface area contributed by atoms with Crippen LogP contribution in [0.4, 0.5) is 5.69 Å². The van der Waals surface area contributed by atoms with E-state index in [-0.39, 0.29) is 11.3 Å². The Balaban J connectivity index is 1.59. The lowest BCUT2D eigenvalue weighted by atomic mass is 9.85. The summed E-state index contributed by atoms with van der Waals surface area (Å²) in [5.74, 6) is 0.969. The summed E-state index contributed by atoms with van der Waals surface area (Å²) < 4.78 is 8.46. The van der Waals surface area contributed by atoms with Gasteiger partial charge in [0.1, 0.15) is 17.9 Å². The van der Waals surface area contributed by atoms with Crippen molar-refractivity contribution in [2.45, 2.75) is 137 Å². The zero-order valence-electron chi connectivity index (χ0n) is 28.5. The van der Waals surface area contributed by atoms with Crippen molar-refractivity contribution in [3.8, 4) is 5.75 Å². The van der Waals surface area contributed by atoms with E-state index in [2.05, 4.69) is 57.4 Å². The maximum atomic E-state index is 13.9. The van der Waals surface area contributed by atoms with E-state index < -0.39 is 0 Å². The van der Waals surface area contributed by atoms with Gasteiger partial charge in [0.25, 0.3) is 5.91 Å². The maximum absolute atomic E-state index is 13.9. The molecule has 1 heterocycles. The Morgan fingerprint density at radius 3 is 2.00 bits per heavy atom. The zero-order chi connectivity index (χ0) is 31.6. The predicted molar refractivity (Wildman–Crippen MR) is 186 cm³/mol. The zero-order valence-corrected chi connectivity index (χ0v) is 28.5. The van der Waals surface area contributed by atoms with E-state index >= 15 is 0 Å². The molecule has 3 rings (SSSR count). The van der Waals surface area contributed by atoms with Crippen LogP contribution in [0.15, 0.2) is 73.1 Å². The number of carbonyl (C=O) groups excluding carboxylic acids is 1. The van der Waals surface area contributed by atoms with Crippen molar-refractivity contribution < 1.29 is 14.1 Å². The van der Waals surface area contributed by atoms with E-state index in [0.29, 0.717) is 12.1 Å². The largest absolute Gasteiger partial charge is 0.493 e. The summed E-state index contributed by atoms with van der Waals surface area (Å²) in [6, 6.07) is 20.3. The molecule has 0 radical (unpaired) electrons. The van der Waals surface area contributed by atoms with Gasteiger partial charge in [0, 0.05) is 18.2 Å². The normalized spacial score (nSPS) is 11.5. The first-order valence-corrected chi connectivity index (χ1v) is 17.5. The Hall–Kier alpha value is -3.14. The second-order valence-electron chi connectivity index (χ2n) is 13.4. The van der Waals surface area contributed by atoms with Crippen molar-refractivity contribution in [1.82, 2.24) is 0 Å². The molecule has 0 unspecified atom stereocenters. The van der Waals surface area contributed by atoms with Crippen molar-refractivity contribution in [2.24, 2.45) is 0 Å². The number of aromatic nitrogens is 1. The number of hydrogen-bond donors (Lipinski definition) is 0. The van der Waals surface area contributed by atoms with Gasteiger partial charge in [-0.15, -0.1) is 0 Å². The van der Waals surface area contributed by atoms with Crippen LogP contribution in [0.5, 0.6) is 5.75 Å². The summed E-state index contributed by atoms with van der Waals surface area (Å²) in [5.41, 5.74) is 3.81. The van der Waals surface area contributed by atoms with Gasteiger partial charge >= 0.3 is 0 Å². The molecule has 0 bridgehead atoms. The summed E-state index contributed by atoms with van der Waals surface area (Å²) in [6.07, 6.45) is 21.1. The summed E-state index contributed by atoms with van der Waals surface area (Å²) >= 11 is 0. The Kier molecular flexibility index (Phi) is 15.5. The van der Waals surface area contributed by atoms with Crippen molar-refractivity contribution in [2.75, 3.05) is 11.5 Å². The van der Waals surface area contributed by atoms with Crippen LogP contribution in [0.1, 0.15) is 140 Å². The van der Waals surface area contributed by atoms with E-state index in [4.69, 9.17) is 4.74 Å². The molecule has 44 heavy (non-hydrogen) atoms. The molecule has 3 aromatic rings. The van der Waals surface area contributed by atoms with Crippen molar-refractivity contribution in [3.63, 3.8) is 0 Å². The quantitative estimate of drug-likeness (QED) is 0.0956. The highest BCUT2D eigenvalue weighted by atomic mass is 16.5. The summed E-state index contributed by atoms with van der Waals surface area (Å²) in [6.45, 7) is 13.3. The lowest BCUT2D eigenvalue weighted by Crippen LogP contribution is -2.36. The van der Waals surface area contributed by atoms with Crippen molar-refractivity contribution >= 4 is 11.6 Å². The first kappa shape index (κ1) is 35.3. The number of hydrogen-bond acceptors (Lipinski definition) is 2. The molecule has 0 saturated heterocycles. The minimum atomic E-state index is -0.0748. The van der Waals surface area contributed by atoms with Crippen LogP contribution in [0.3, 0.4) is 0 Å². The minimum absolute atomic E-state index is 0.00580. The Morgan fingerprint density at radius 2 is 1.39 bits per heavy atom. The lowest BCUT2D eigenvalue weighted by molar-refractivity contribution is -0.697. The van der Waals surface area contributed by atoms with E-state index in [0.717, 1.165) is 43.0 Å². The summed E-state index contributed by atoms with van der Waals surface area (Å²) in [5, 5.41) is 0. The molecule has 4 nitrogen and oxygen atoms in total. The number of nitrogens with zero attached hydrogens (tertiary/aromatic N) is 2. The van der Waals surface area contributed by atoms with E-state index in [9.17, 15) is 4.79 Å². The monoisotopic (exact) mass is 599 g/mol. The molecule has 0 aliphatic rings. The predicted octanol–water partition coefficient (Wildman–Crippen LogP) is 10.6. The van der Waals surface area contributed by atoms with Crippen LogP contribution < -0.4 is 14.2 Å². The third-order valence-corrected chi connectivity index (χ3v) is 8.35. The van der Waals surface area contributed by atoms with Gasteiger partial charge in [-0.2, -0.15) is 0 Å². The molecule has 0 saturated carbocycles. The van der Waals surface area contributed by atoms with Crippen LogP contribution in [-0.4, -0.2) is 12.5 Å². The standard InChI is InChI=1S/C40H59N2O2/c1-6-8-9-10-11-12-13-14-15-16-17-21-30-44-38-27-26-34(31-37(38)40(3,4)5)32-42(36-24-19-18-20-25-36)39(43)35-23-22-29-41(33-35)28-7-2/h18-20,22-27,29,31,33H,6-17,21,28,30,32H2,1-5H3/q+1. The van der Waals surface area contributed by atoms with E-state index in [1.54, 1.807) is 0 Å². The van der Waals surface area contributed by atoms with Crippen molar-refractivity contribution in [1.29, 1.82) is 0 Å². The molecule has 0 spiro atoms. The first-order chi connectivity index (χ1) is 21.3. The fourth-order valence-electron chi connectivity index (χ4n) is 5.79. The topological polar surface area (TPSA) is 33.4 Å². The van der Waals surface area contributed by atoms with E-state index in [1.165, 1.54) is 76.2 Å². The highest BCUT2D eigenvalue weighted by Gasteiger charge is 2.24. The smallest absolute Gasteiger partial charge is 0.264 e. The number of anilines is 1. The van der Waals surface area contributed by atoms with Gasteiger partial charge in [0.05, 0.1) is 13.2 Å². The summed E-state index contributed by atoms with van der Waals surface area (Å²) in [7, 11) is 0. The van der Waals surface area contributed by atoms with Gasteiger partial charge < -0.3 is 9.64 Å². The van der Waals surface area contributed by atoms with E-state index in [1.807, 2.05) is 59.8 Å². The van der Waals surface area contributed by atoms with Gasteiger partial charge in [-0.3, -0.25) is 4.79 Å². The molecular weight excluding hydrogens is 540 g/mol. The number of carbonyl (C=O) groups is 1. The van der Waals surface area contributed by atoms with Crippen LogP contribution >= 0.6 is 0 Å². The molecule has 240 valence electrons.